The van der Waals surface area contributed by atoms with Gasteiger partial charge in [-0.25, -0.2) is 4.98 Å². The van der Waals surface area contributed by atoms with Gasteiger partial charge in [0.05, 0.1) is 22.0 Å². The van der Waals surface area contributed by atoms with Gasteiger partial charge in [-0.15, -0.1) is 0 Å². The number of nitrogens with zero attached hydrogens (tertiary/aromatic N) is 4. The molecule has 0 bridgehead atoms. The minimum Gasteiger partial charge on any atom is -0.476 e. The number of aromatic nitrogens is 2. The predicted molar refractivity (Wildman–Crippen MR) is 140 cm³/mol. The number of primary amides is 1. The topological polar surface area (TPSA) is 156 Å². The zero-order valence-electron chi connectivity index (χ0n) is 18.8. The highest BCUT2D eigenvalue weighted by Gasteiger charge is 2.22. The summed E-state index contributed by atoms with van der Waals surface area (Å²) >= 11 is 3.23. The average Bonchev–Trinajstić information content (AvgIpc) is 3.31. The number of carbonyl (C=O) groups is 1. The van der Waals surface area contributed by atoms with Crippen molar-refractivity contribution in [2.45, 2.75) is 0 Å². The van der Waals surface area contributed by atoms with Crippen LogP contribution in [-0.2, 0) is 4.79 Å². The van der Waals surface area contributed by atoms with Crippen LogP contribution in [0.25, 0.3) is 33.5 Å². The van der Waals surface area contributed by atoms with E-state index in [-0.39, 0.29) is 17.1 Å². The standard InChI is InChI=1S/C25H16BrN5O6/c26-16-9-15(23(36-13-22(27)32)19(11-16)31(34)35)12-28-30-24(21-10-14-5-1-4-8-20(14)37-21)29-18-7-3-2-6-17(18)25(30)33/h1-12H,13H2,(H2,27,32). The van der Waals surface area contributed by atoms with Gasteiger partial charge in [0.15, 0.2) is 12.4 Å². The Balaban J connectivity index is 1.72. The fourth-order valence-electron chi connectivity index (χ4n) is 3.73. The number of hydrogen-bond donors (Lipinski definition) is 1. The smallest absolute Gasteiger partial charge is 0.312 e. The number of hydrogen-bond acceptors (Lipinski definition) is 8. The van der Waals surface area contributed by atoms with Crippen LogP contribution in [0.1, 0.15) is 5.56 Å². The van der Waals surface area contributed by atoms with E-state index >= 15 is 0 Å². The Morgan fingerprint density at radius 2 is 1.95 bits per heavy atom. The average molecular weight is 562 g/mol. The first-order valence-electron chi connectivity index (χ1n) is 10.8. The summed E-state index contributed by atoms with van der Waals surface area (Å²) in [7, 11) is 0. The summed E-state index contributed by atoms with van der Waals surface area (Å²) in [6.45, 7) is -0.592. The molecule has 11 nitrogen and oxygen atoms in total. The van der Waals surface area contributed by atoms with E-state index in [1.165, 1.54) is 18.3 Å². The largest absolute Gasteiger partial charge is 0.476 e. The van der Waals surface area contributed by atoms with Crippen molar-refractivity contribution in [2.24, 2.45) is 10.8 Å². The number of nitro benzene ring substituents is 1. The first-order valence-corrected chi connectivity index (χ1v) is 11.6. The summed E-state index contributed by atoms with van der Waals surface area (Å²) in [5.41, 5.74) is 5.42. The van der Waals surface area contributed by atoms with Crippen molar-refractivity contribution in [3.63, 3.8) is 0 Å². The van der Waals surface area contributed by atoms with Crippen LogP contribution in [0, 0.1) is 10.1 Å². The van der Waals surface area contributed by atoms with E-state index in [0.717, 1.165) is 10.1 Å². The Labute approximate surface area is 216 Å². The third-order valence-electron chi connectivity index (χ3n) is 5.33. The number of ether oxygens (including phenoxy) is 1. The van der Waals surface area contributed by atoms with E-state index in [9.17, 15) is 19.7 Å². The fraction of sp³-hybridized carbons (Fsp3) is 0.0400. The minimum absolute atomic E-state index is 0.123. The molecule has 37 heavy (non-hydrogen) atoms. The molecule has 0 unspecified atom stereocenters. The third kappa shape index (κ3) is 4.69. The van der Waals surface area contributed by atoms with E-state index in [4.69, 9.17) is 14.9 Å². The molecule has 0 aliphatic rings. The Bertz CT molecular complexity index is 1760. The van der Waals surface area contributed by atoms with Crippen molar-refractivity contribution < 1.29 is 18.9 Å². The molecule has 5 rings (SSSR count). The van der Waals surface area contributed by atoms with Crippen LogP contribution in [0.2, 0.25) is 0 Å². The van der Waals surface area contributed by atoms with Gasteiger partial charge in [0.25, 0.3) is 11.5 Å². The van der Waals surface area contributed by atoms with E-state index in [2.05, 4.69) is 26.0 Å². The molecule has 2 heterocycles. The number of benzene rings is 3. The second-order valence-corrected chi connectivity index (χ2v) is 8.73. The van der Waals surface area contributed by atoms with Crippen molar-refractivity contribution in [2.75, 3.05) is 6.61 Å². The van der Waals surface area contributed by atoms with E-state index < -0.39 is 28.7 Å². The Hall–Kier alpha value is -4.84. The zero-order valence-corrected chi connectivity index (χ0v) is 20.4. The SMILES string of the molecule is NC(=O)COc1c(C=Nn2c(-c3cc4ccccc4o3)nc3ccccc3c2=O)cc(Br)cc1[N+](=O)[O-]. The molecular formula is C25H16BrN5O6. The number of nitrogens with two attached hydrogens (primary N) is 1. The van der Waals surface area contributed by atoms with Crippen LogP contribution in [0.15, 0.2) is 85.5 Å². The molecule has 0 spiro atoms. The quantitative estimate of drug-likeness (QED) is 0.177. The second-order valence-electron chi connectivity index (χ2n) is 7.82. The van der Waals surface area contributed by atoms with Gasteiger partial charge in [0.1, 0.15) is 5.58 Å². The van der Waals surface area contributed by atoms with Gasteiger partial charge < -0.3 is 14.9 Å². The molecule has 0 atom stereocenters. The molecule has 0 radical (unpaired) electrons. The van der Waals surface area contributed by atoms with Crippen molar-refractivity contribution >= 4 is 55.6 Å². The lowest BCUT2D eigenvalue weighted by atomic mass is 10.2. The second kappa shape index (κ2) is 9.66. The van der Waals surface area contributed by atoms with E-state index in [0.29, 0.717) is 26.7 Å². The van der Waals surface area contributed by atoms with Gasteiger partial charge >= 0.3 is 5.69 Å². The molecule has 2 aromatic heterocycles. The van der Waals surface area contributed by atoms with Crippen molar-refractivity contribution in [1.82, 2.24) is 9.66 Å². The van der Waals surface area contributed by atoms with E-state index in [1.807, 2.05) is 18.2 Å². The maximum absolute atomic E-state index is 13.5. The number of amides is 1. The Morgan fingerprint density at radius 1 is 1.19 bits per heavy atom. The van der Waals surface area contributed by atoms with Crippen LogP contribution in [0.3, 0.4) is 0 Å². The molecule has 2 N–H and O–H groups in total. The van der Waals surface area contributed by atoms with Gasteiger partial charge in [-0.2, -0.15) is 9.78 Å². The maximum Gasteiger partial charge on any atom is 0.312 e. The van der Waals surface area contributed by atoms with Gasteiger partial charge in [0.2, 0.25) is 11.6 Å². The van der Waals surface area contributed by atoms with Crippen LogP contribution >= 0.6 is 15.9 Å². The highest BCUT2D eigenvalue weighted by atomic mass is 79.9. The Morgan fingerprint density at radius 3 is 2.70 bits per heavy atom. The summed E-state index contributed by atoms with van der Waals surface area (Å²) < 4.78 is 12.7. The summed E-state index contributed by atoms with van der Waals surface area (Å²) in [6, 6.07) is 18.5. The van der Waals surface area contributed by atoms with Crippen LogP contribution in [-0.4, -0.2) is 33.3 Å². The van der Waals surface area contributed by atoms with Gasteiger partial charge in [-0.3, -0.25) is 19.7 Å². The lowest BCUT2D eigenvalue weighted by Gasteiger charge is -2.10. The van der Waals surface area contributed by atoms with Gasteiger partial charge in [-0.1, -0.05) is 46.3 Å². The molecule has 12 heteroatoms. The molecule has 0 saturated heterocycles. The first-order chi connectivity index (χ1) is 17.8. The number of rotatable bonds is 7. The predicted octanol–water partition coefficient (Wildman–Crippen LogP) is 4.23. The molecule has 0 aliphatic carbocycles. The summed E-state index contributed by atoms with van der Waals surface area (Å²) in [6.07, 6.45) is 1.21. The van der Waals surface area contributed by atoms with Crippen molar-refractivity contribution in [3.8, 4) is 17.3 Å². The number of furan rings is 1. The van der Waals surface area contributed by atoms with Gasteiger partial charge in [-0.05, 0) is 30.3 Å². The highest BCUT2D eigenvalue weighted by Crippen LogP contribution is 2.34. The molecule has 0 fully saturated rings. The molecule has 0 saturated carbocycles. The third-order valence-corrected chi connectivity index (χ3v) is 5.79. The molecule has 1 amide bonds. The lowest BCUT2D eigenvalue weighted by molar-refractivity contribution is -0.385. The van der Waals surface area contributed by atoms with Crippen LogP contribution in [0.5, 0.6) is 5.75 Å². The molecule has 0 aliphatic heterocycles. The maximum atomic E-state index is 13.5. The van der Waals surface area contributed by atoms with Crippen LogP contribution < -0.4 is 16.0 Å². The number of halogens is 1. The van der Waals surface area contributed by atoms with Crippen molar-refractivity contribution in [3.05, 3.63) is 97.2 Å². The summed E-state index contributed by atoms with van der Waals surface area (Å²) in [4.78, 5) is 40.3. The monoisotopic (exact) mass is 561 g/mol. The number of nitro groups is 1. The molecule has 3 aromatic carbocycles. The van der Waals surface area contributed by atoms with Crippen LogP contribution in [0.4, 0.5) is 5.69 Å². The van der Waals surface area contributed by atoms with Crippen molar-refractivity contribution in [1.29, 1.82) is 0 Å². The lowest BCUT2D eigenvalue weighted by Crippen LogP contribution is -2.21. The molecule has 5 aromatic rings. The number of fused-ring (bicyclic) bond motifs is 2. The minimum atomic E-state index is -0.817. The number of para-hydroxylation sites is 2. The Kier molecular flexibility index (Phi) is 6.24. The van der Waals surface area contributed by atoms with E-state index in [1.54, 1.807) is 36.4 Å². The van der Waals surface area contributed by atoms with Gasteiger partial charge in [0, 0.05) is 21.5 Å². The zero-order chi connectivity index (χ0) is 26.1. The fourth-order valence-corrected chi connectivity index (χ4v) is 4.20. The first kappa shape index (κ1) is 23.9. The molecular weight excluding hydrogens is 546 g/mol. The normalized spacial score (nSPS) is 11.4. The highest BCUT2D eigenvalue weighted by molar-refractivity contribution is 9.10. The summed E-state index contributed by atoms with van der Waals surface area (Å²) in [5, 5.41) is 17.1. The summed E-state index contributed by atoms with van der Waals surface area (Å²) in [5.74, 6) is -0.628. The number of carbonyl (C=O) groups excluding carboxylic acids is 1. The molecule has 184 valence electrons.